The van der Waals surface area contributed by atoms with Gasteiger partial charge in [0.2, 0.25) is 11.8 Å². The van der Waals surface area contributed by atoms with E-state index in [1.807, 2.05) is 0 Å². The molecule has 3 aromatic carbocycles. The molecule has 1 saturated carbocycles. The summed E-state index contributed by atoms with van der Waals surface area (Å²) in [7, 11) is -4.22. The van der Waals surface area contributed by atoms with Gasteiger partial charge < -0.3 is 10.2 Å². The molecule has 0 unspecified atom stereocenters. The van der Waals surface area contributed by atoms with Crippen LogP contribution in [0.2, 0.25) is 5.02 Å². The highest BCUT2D eigenvalue weighted by atomic mass is 35.5. The van der Waals surface area contributed by atoms with Gasteiger partial charge in [-0.1, -0.05) is 73.0 Å². The standard InChI is InChI=1S/C29H31ClFN3O4S/c1-21(29(36)32-23-12-6-7-13-23)33(19-22-11-5-9-17-26(22)31)28(35)20-34(27-18-10-8-16-25(27)30)39(37,38)24-14-3-2-4-15-24/h2-5,8-11,14-18,21,23H,6-7,12-13,19-20H2,1H3,(H,32,36)/t21-/m0/s1. The van der Waals surface area contributed by atoms with Crippen molar-refractivity contribution in [3.05, 3.63) is 95.3 Å². The fraction of sp³-hybridized carbons (Fsp3) is 0.310. The largest absolute Gasteiger partial charge is 0.352 e. The molecule has 206 valence electrons. The fourth-order valence-corrected chi connectivity index (χ4v) is 6.41. The number of hydrogen-bond acceptors (Lipinski definition) is 4. The number of halogens is 2. The Labute approximate surface area is 233 Å². The Morgan fingerprint density at radius 2 is 1.59 bits per heavy atom. The number of sulfonamides is 1. The van der Waals surface area contributed by atoms with Crippen molar-refractivity contribution >= 4 is 39.1 Å². The van der Waals surface area contributed by atoms with Crippen LogP contribution in [-0.4, -0.2) is 43.8 Å². The second-order valence-corrected chi connectivity index (χ2v) is 11.8. The lowest BCUT2D eigenvalue weighted by Crippen LogP contribution is -2.52. The topological polar surface area (TPSA) is 86.8 Å². The van der Waals surface area contributed by atoms with E-state index in [0.717, 1.165) is 30.0 Å². The molecule has 0 aliphatic heterocycles. The Morgan fingerprint density at radius 1 is 0.974 bits per heavy atom. The molecule has 0 saturated heterocycles. The average molecular weight is 572 g/mol. The summed E-state index contributed by atoms with van der Waals surface area (Å²) in [5, 5.41) is 3.12. The van der Waals surface area contributed by atoms with E-state index in [9.17, 15) is 22.4 Å². The lowest BCUT2D eigenvalue weighted by atomic mass is 10.1. The van der Waals surface area contributed by atoms with Crippen LogP contribution in [0, 0.1) is 5.82 Å². The number of carbonyl (C=O) groups is 2. The summed E-state index contributed by atoms with van der Waals surface area (Å²) in [6, 6.07) is 19.0. The number of rotatable bonds is 10. The van der Waals surface area contributed by atoms with Crippen molar-refractivity contribution in [2.45, 2.75) is 56.1 Å². The maximum atomic E-state index is 14.6. The number of anilines is 1. The Hall–Kier alpha value is -3.43. The van der Waals surface area contributed by atoms with Gasteiger partial charge in [0.15, 0.2) is 0 Å². The molecule has 1 aliphatic rings. The fourth-order valence-electron chi connectivity index (χ4n) is 4.67. The molecule has 2 amide bonds. The van der Waals surface area contributed by atoms with E-state index >= 15 is 0 Å². The minimum atomic E-state index is -4.22. The number of nitrogens with one attached hydrogen (secondary N) is 1. The summed E-state index contributed by atoms with van der Waals surface area (Å²) >= 11 is 6.39. The Bertz CT molecular complexity index is 1410. The van der Waals surface area contributed by atoms with Crippen LogP contribution < -0.4 is 9.62 Å². The molecule has 1 atom stereocenters. The summed E-state index contributed by atoms with van der Waals surface area (Å²) in [5.41, 5.74) is 0.326. The third kappa shape index (κ3) is 6.78. The molecule has 0 aromatic heterocycles. The maximum Gasteiger partial charge on any atom is 0.264 e. The molecule has 0 bridgehead atoms. The highest BCUT2D eigenvalue weighted by Gasteiger charge is 2.34. The summed E-state index contributed by atoms with van der Waals surface area (Å²) in [6.07, 6.45) is 3.74. The molecule has 7 nitrogen and oxygen atoms in total. The van der Waals surface area contributed by atoms with E-state index in [1.54, 1.807) is 43.3 Å². The minimum Gasteiger partial charge on any atom is -0.352 e. The van der Waals surface area contributed by atoms with Gasteiger partial charge in [-0.3, -0.25) is 13.9 Å². The number of hydrogen-bond donors (Lipinski definition) is 1. The lowest BCUT2D eigenvalue weighted by Gasteiger charge is -2.32. The Kier molecular flexibility index (Phi) is 9.24. The first kappa shape index (κ1) is 28.6. The number of benzene rings is 3. The van der Waals surface area contributed by atoms with Crippen LogP contribution in [-0.2, 0) is 26.2 Å². The van der Waals surface area contributed by atoms with Crippen LogP contribution in [0.5, 0.6) is 0 Å². The monoisotopic (exact) mass is 571 g/mol. The van der Waals surface area contributed by atoms with Gasteiger partial charge in [0.1, 0.15) is 18.4 Å². The summed E-state index contributed by atoms with van der Waals surface area (Å²) in [5.74, 6) is -1.58. The molecule has 0 radical (unpaired) electrons. The van der Waals surface area contributed by atoms with E-state index in [1.165, 1.54) is 47.4 Å². The number of para-hydroxylation sites is 1. The summed E-state index contributed by atoms with van der Waals surface area (Å²) < 4.78 is 43.1. The van der Waals surface area contributed by atoms with Crippen molar-refractivity contribution in [2.75, 3.05) is 10.8 Å². The van der Waals surface area contributed by atoms with Gasteiger partial charge in [-0.15, -0.1) is 0 Å². The van der Waals surface area contributed by atoms with Crippen molar-refractivity contribution in [3.8, 4) is 0 Å². The molecule has 1 aliphatic carbocycles. The van der Waals surface area contributed by atoms with Gasteiger partial charge in [-0.05, 0) is 50.1 Å². The quantitative estimate of drug-likeness (QED) is 0.365. The van der Waals surface area contributed by atoms with Crippen LogP contribution in [0.3, 0.4) is 0 Å². The maximum absolute atomic E-state index is 14.6. The first-order valence-electron chi connectivity index (χ1n) is 12.8. The second-order valence-electron chi connectivity index (χ2n) is 9.56. The van der Waals surface area contributed by atoms with Crippen LogP contribution in [0.1, 0.15) is 38.2 Å². The molecule has 3 aromatic rings. The van der Waals surface area contributed by atoms with Crippen LogP contribution >= 0.6 is 11.6 Å². The number of amides is 2. The van der Waals surface area contributed by atoms with Crippen LogP contribution in [0.15, 0.2) is 83.8 Å². The zero-order valence-corrected chi connectivity index (χ0v) is 23.2. The van der Waals surface area contributed by atoms with Gasteiger partial charge in [0.05, 0.1) is 15.6 Å². The molecule has 0 heterocycles. The van der Waals surface area contributed by atoms with Gasteiger partial charge in [0.25, 0.3) is 10.0 Å². The first-order chi connectivity index (χ1) is 18.7. The molecular weight excluding hydrogens is 541 g/mol. The molecule has 4 rings (SSSR count). The highest BCUT2D eigenvalue weighted by Crippen LogP contribution is 2.31. The molecule has 10 heteroatoms. The third-order valence-corrected chi connectivity index (χ3v) is 8.99. The lowest BCUT2D eigenvalue weighted by molar-refractivity contribution is -0.139. The van der Waals surface area contributed by atoms with Crippen molar-refractivity contribution in [3.63, 3.8) is 0 Å². The molecule has 0 spiro atoms. The molecule has 39 heavy (non-hydrogen) atoms. The van der Waals surface area contributed by atoms with Crippen molar-refractivity contribution in [1.29, 1.82) is 0 Å². The second kappa shape index (κ2) is 12.6. The molecule has 1 N–H and O–H groups in total. The minimum absolute atomic E-state index is 0.0171. The third-order valence-electron chi connectivity index (χ3n) is 6.90. The normalized spacial score (nSPS) is 14.5. The van der Waals surface area contributed by atoms with Crippen LogP contribution in [0.25, 0.3) is 0 Å². The summed E-state index contributed by atoms with van der Waals surface area (Å²) in [4.78, 5) is 28.3. The van der Waals surface area contributed by atoms with Gasteiger partial charge >= 0.3 is 0 Å². The van der Waals surface area contributed by atoms with Crippen LogP contribution in [0.4, 0.5) is 10.1 Å². The first-order valence-corrected chi connectivity index (χ1v) is 14.7. The van der Waals surface area contributed by atoms with E-state index in [4.69, 9.17) is 11.6 Å². The Morgan fingerprint density at radius 3 is 2.26 bits per heavy atom. The Balaban J connectivity index is 1.69. The average Bonchev–Trinajstić information content (AvgIpc) is 3.45. The van der Waals surface area contributed by atoms with Crippen molar-refractivity contribution in [1.82, 2.24) is 10.2 Å². The number of nitrogens with zero attached hydrogens (tertiary/aromatic N) is 2. The molecular formula is C29H31ClFN3O4S. The van der Waals surface area contributed by atoms with Gasteiger partial charge in [-0.25, -0.2) is 12.8 Å². The highest BCUT2D eigenvalue weighted by molar-refractivity contribution is 7.92. The van der Waals surface area contributed by atoms with E-state index in [0.29, 0.717) is 0 Å². The predicted octanol–water partition coefficient (Wildman–Crippen LogP) is 5.15. The molecule has 1 fully saturated rings. The summed E-state index contributed by atoms with van der Waals surface area (Å²) in [6.45, 7) is 0.706. The van der Waals surface area contributed by atoms with E-state index < -0.39 is 34.3 Å². The van der Waals surface area contributed by atoms with E-state index in [2.05, 4.69) is 5.32 Å². The number of carbonyl (C=O) groups excluding carboxylic acids is 2. The van der Waals surface area contributed by atoms with Crippen molar-refractivity contribution < 1.29 is 22.4 Å². The van der Waals surface area contributed by atoms with Gasteiger partial charge in [-0.2, -0.15) is 0 Å². The zero-order valence-electron chi connectivity index (χ0n) is 21.6. The SMILES string of the molecule is C[C@@H](C(=O)NC1CCCC1)N(Cc1ccccc1F)C(=O)CN(c1ccccc1Cl)S(=O)(=O)c1ccccc1. The zero-order chi connectivity index (χ0) is 28.0. The predicted molar refractivity (Wildman–Crippen MR) is 149 cm³/mol. The van der Waals surface area contributed by atoms with Crippen molar-refractivity contribution in [2.24, 2.45) is 0 Å². The smallest absolute Gasteiger partial charge is 0.264 e. The van der Waals surface area contributed by atoms with E-state index in [-0.39, 0.29) is 39.7 Å². The van der Waals surface area contributed by atoms with Gasteiger partial charge in [0, 0.05) is 18.2 Å².